The first-order chi connectivity index (χ1) is 11.6. The standard InChI is InChI=1S/C20H29Cl2N2/c1-3-4-5-9-19(22)20-23(2)15-16-24(20)14-7-6-8-17-10-12-18(21)13-11-17/h10-13,15-16,19H,3-9,14H2,1-2H3/q+1. The molecule has 0 N–H and O–H groups in total. The molecule has 0 aliphatic carbocycles. The molecule has 0 bridgehead atoms. The lowest BCUT2D eigenvalue weighted by Gasteiger charge is -2.09. The number of alkyl halides is 1. The molecule has 0 aliphatic heterocycles. The quantitative estimate of drug-likeness (QED) is 0.283. The minimum atomic E-state index is 0.104. The normalized spacial score (nSPS) is 12.5. The zero-order valence-electron chi connectivity index (χ0n) is 14.8. The van der Waals surface area contributed by atoms with Crippen molar-refractivity contribution < 1.29 is 4.57 Å². The lowest BCUT2D eigenvalue weighted by Crippen LogP contribution is -2.33. The van der Waals surface area contributed by atoms with Gasteiger partial charge in [-0.05, 0) is 43.4 Å². The molecule has 0 saturated heterocycles. The third-order valence-corrected chi connectivity index (χ3v) is 5.16. The minimum Gasteiger partial charge on any atom is -0.236 e. The smallest absolute Gasteiger partial charge is 0.236 e. The van der Waals surface area contributed by atoms with E-state index in [4.69, 9.17) is 23.2 Å². The molecule has 1 aromatic carbocycles. The van der Waals surface area contributed by atoms with Crippen molar-refractivity contribution in [1.29, 1.82) is 0 Å². The van der Waals surface area contributed by atoms with Gasteiger partial charge < -0.3 is 0 Å². The van der Waals surface area contributed by atoms with Crippen LogP contribution in [0.4, 0.5) is 0 Å². The van der Waals surface area contributed by atoms with Crippen molar-refractivity contribution in [1.82, 2.24) is 4.57 Å². The summed E-state index contributed by atoms with van der Waals surface area (Å²) < 4.78 is 4.49. The predicted molar refractivity (Wildman–Crippen MR) is 103 cm³/mol. The average Bonchev–Trinajstić information content (AvgIpc) is 2.94. The van der Waals surface area contributed by atoms with Crippen molar-refractivity contribution in [3.63, 3.8) is 0 Å². The van der Waals surface area contributed by atoms with E-state index in [9.17, 15) is 0 Å². The van der Waals surface area contributed by atoms with Crippen LogP contribution >= 0.6 is 23.2 Å². The summed E-state index contributed by atoms with van der Waals surface area (Å²) in [5, 5.41) is 0.910. The lowest BCUT2D eigenvalue weighted by atomic mass is 10.1. The van der Waals surface area contributed by atoms with E-state index in [2.05, 4.69) is 47.6 Å². The van der Waals surface area contributed by atoms with Crippen molar-refractivity contribution in [2.24, 2.45) is 7.05 Å². The molecule has 0 aliphatic rings. The molecule has 2 rings (SSSR count). The van der Waals surface area contributed by atoms with Crippen molar-refractivity contribution >= 4 is 23.2 Å². The van der Waals surface area contributed by atoms with E-state index < -0.39 is 0 Å². The van der Waals surface area contributed by atoms with Gasteiger partial charge in [0.15, 0.2) is 0 Å². The highest BCUT2D eigenvalue weighted by molar-refractivity contribution is 6.30. The summed E-state index contributed by atoms with van der Waals surface area (Å²) in [7, 11) is 2.09. The highest BCUT2D eigenvalue weighted by Crippen LogP contribution is 2.24. The molecule has 0 saturated carbocycles. The number of aryl methyl sites for hydroxylation is 3. The van der Waals surface area contributed by atoms with Crippen LogP contribution in [0.5, 0.6) is 0 Å². The number of hydrogen-bond acceptors (Lipinski definition) is 0. The molecule has 1 heterocycles. The minimum absolute atomic E-state index is 0.104. The van der Waals surface area contributed by atoms with Gasteiger partial charge in [-0.3, -0.25) is 0 Å². The third-order valence-electron chi connectivity index (χ3n) is 4.49. The monoisotopic (exact) mass is 367 g/mol. The summed E-state index contributed by atoms with van der Waals surface area (Å²) >= 11 is 12.6. The largest absolute Gasteiger partial charge is 0.274 e. The average molecular weight is 368 g/mol. The van der Waals surface area contributed by atoms with Gasteiger partial charge in [-0.15, -0.1) is 11.6 Å². The maximum Gasteiger partial charge on any atom is 0.274 e. The zero-order chi connectivity index (χ0) is 17.4. The zero-order valence-corrected chi connectivity index (χ0v) is 16.4. The number of unbranched alkanes of at least 4 members (excludes halogenated alkanes) is 3. The number of benzene rings is 1. The van der Waals surface area contributed by atoms with Crippen LogP contribution in [0.15, 0.2) is 36.7 Å². The second-order valence-corrected chi connectivity index (χ2v) is 7.47. The van der Waals surface area contributed by atoms with Gasteiger partial charge in [0, 0.05) is 5.02 Å². The number of aromatic nitrogens is 2. The van der Waals surface area contributed by atoms with Crippen molar-refractivity contribution in [3.8, 4) is 0 Å². The Balaban J connectivity index is 1.83. The summed E-state index contributed by atoms with van der Waals surface area (Å²) in [6.07, 6.45) is 12.5. The molecule has 2 aromatic rings. The number of rotatable bonds is 10. The van der Waals surface area contributed by atoms with Crippen LogP contribution < -0.4 is 4.57 Å². The third kappa shape index (κ3) is 5.82. The van der Waals surface area contributed by atoms with E-state index in [0.717, 1.165) is 30.8 Å². The van der Waals surface area contributed by atoms with Crippen LogP contribution in [0.3, 0.4) is 0 Å². The molecule has 1 unspecified atom stereocenters. The second kappa shape index (κ2) is 10.1. The highest BCUT2D eigenvalue weighted by atomic mass is 35.5. The maximum absolute atomic E-state index is 6.66. The summed E-state index contributed by atoms with van der Waals surface area (Å²) in [4.78, 5) is 0. The summed E-state index contributed by atoms with van der Waals surface area (Å²) in [5.41, 5.74) is 1.35. The van der Waals surface area contributed by atoms with E-state index in [1.807, 2.05) is 12.1 Å². The first-order valence-corrected chi connectivity index (χ1v) is 9.86. The molecule has 24 heavy (non-hydrogen) atoms. The summed E-state index contributed by atoms with van der Waals surface area (Å²) in [6, 6.07) is 8.17. The van der Waals surface area contributed by atoms with E-state index >= 15 is 0 Å². The molecule has 4 heteroatoms. The van der Waals surface area contributed by atoms with Crippen molar-refractivity contribution in [2.45, 2.75) is 63.8 Å². The molecule has 1 aromatic heterocycles. The van der Waals surface area contributed by atoms with Gasteiger partial charge in [0.05, 0.1) is 13.6 Å². The number of imidazole rings is 1. The van der Waals surface area contributed by atoms with Crippen molar-refractivity contribution in [3.05, 3.63) is 53.1 Å². The van der Waals surface area contributed by atoms with E-state index in [-0.39, 0.29) is 5.38 Å². The van der Waals surface area contributed by atoms with Crippen LogP contribution in [0.2, 0.25) is 5.02 Å². The van der Waals surface area contributed by atoms with E-state index in [1.54, 1.807) is 0 Å². The number of hydrogen-bond donors (Lipinski definition) is 0. The Morgan fingerprint density at radius 3 is 2.54 bits per heavy atom. The molecule has 1 atom stereocenters. The Labute approximate surface area is 156 Å². The van der Waals surface area contributed by atoms with Gasteiger partial charge in [0.25, 0.3) is 5.82 Å². The molecule has 0 spiro atoms. The fraction of sp³-hybridized carbons (Fsp3) is 0.550. The van der Waals surface area contributed by atoms with Gasteiger partial charge in [-0.1, -0.05) is 49.9 Å². The predicted octanol–water partition coefficient (Wildman–Crippen LogP) is 5.85. The van der Waals surface area contributed by atoms with Crippen LogP contribution in [0.25, 0.3) is 0 Å². The molecule has 132 valence electrons. The van der Waals surface area contributed by atoms with Gasteiger partial charge >= 0.3 is 0 Å². The Hall–Kier alpha value is -0.990. The van der Waals surface area contributed by atoms with Gasteiger partial charge in [-0.2, -0.15) is 0 Å². The molecule has 0 fully saturated rings. The van der Waals surface area contributed by atoms with Gasteiger partial charge in [-0.25, -0.2) is 9.13 Å². The van der Waals surface area contributed by atoms with Crippen molar-refractivity contribution in [2.75, 3.05) is 0 Å². The molecule has 2 nitrogen and oxygen atoms in total. The second-order valence-electron chi connectivity index (χ2n) is 6.51. The van der Waals surface area contributed by atoms with Crippen LogP contribution in [0, 0.1) is 0 Å². The molecular formula is C20H29Cl2N2+. The van der Waals surface area contributed by atoms with Crippen LogP contribution in [-0.2, 0) is 20.0 Å². The summed E-state index contributed by atoms with van der Waals surface area (Å²) in [5.74, 6) is 1.24. The van der Waals surface area contributed by atoms with Gasteiger partial charge in [0.1, 0.15) is 17.8 Å². The molecule has 0 amide bonds. The Morgan fingerprint density at radius 1 is 1.08 bits per heavy atom. The lowest BCUT2D eigenvalue weighted by molar-refractivity contribution is -0.679. The SMILES string of the molecule is CCCCCC(Cl)c1n(CCCCc2ccc(Cl)cc2)cc[n+]1C. The van der Waals surface area contributed by atoms with Crippen LogP contribution in [0.1, 0.15) is 62.2 Å². The number of halogens is 2. The maximum atomic E-state index is 6.66. The summed E-state index contributed by atoms with van der Waals surface area (Å²) in [6.45, 7) is 3.26. The van der Waals surface area contributed by atoms with E-state index in [0.29, 0.717) is 0 Å². The molecule has 0 radical (unpaired) electrons. The molecular weight excluding hydrogens is 339 g/mol. The Morgan fingerprint density at radius 2 is 1.83 bits per heavy atom. The topological polar surface area (TPSA) is 8.81 Å². The first kappa shape index (κ1) is 19.3. The van der Waals surface area contributed by atoms with Gasteiger partial charge in [0.2, 0.25) is 0 Å². The Bertz CT molecular complexity index is 605. The Kier molecular flexibility index (Phi) is 8.14. The number of nitrogens with zero attached hydrogens (tertiary/aromatic N) is 2. The fourth-order valence-electron chi connectivity index (χ4n) is 3.09. The van der Waals surface area contributed by atoms with E-state index in [1.165, 1.54) is 37.1 Å². The fourth-order valence-corrected chi connectivity index (χ4v) is 3.65. The highest BCUT2D eigenvalue weighted by Gasteiger charge is 2.23. The van der Waals surface area contributed by atoms with Crippen LogP contribution in [-0.4, -0.2) is 4.57 Å². The first-order valence-electron chi connectivity index (χ1n) is 9.05.